The van der Waals surface area contributed by atoms with E-state index < -0.39 is 0 Å². The maximum atomic E-state index is 11.5. The zero-order valence-electron chi connectivity index (χ0n) is 9.13. The Balaban J connectivity index is 1.70. The van der Waals surface area contributed by atoms with Crippen molar-refractivity contribution in [1.82, 2.24) is 10.6 Å². The van der Waals surface area contributed by atoms with Crippen LogP contribution >= 0.6 is 27.3 Å². The number of halogens is 1. The highest BCUT2D eigenvalue weighted by atomic mass is 79.9. The Labute approximate surface area is 108 Å². The highest BCUT2D eigenvalue weighted by Gasteiger charge is 2.28. The van der Waals surface area contributed by atoms with Crippen molar-refractivity contribution in [2.24, 2.45) is 5.92 Å². The number of nitrogens with one attached hydrogen (secondary N) is 2. The van der Waals surface area contributed by atoms with Crippen molar-refractivity contribution in [2.45, 2.75) is 32.4 Å². The summed E-state index contributed by atoms with van der Waals surface area (Å²) in [6.45, 7) is 2.67. The lowest BCUT2D eigenvalue weighted by Gasteiger charge is -2.13. The van der Waals surface area contributed by atoms with E-state index in [0.717, 1.165) is 9.35 Å². The van der Waals surface area contributed by atoms with Gasteiger partial charge in [0.15, 0.2) is 0 Å². The van der Waals surface area contributed by atoms with Crippen molar-refractivity contribution in [2.75, 3.05) is 0 Å². The first-order valence-corrected chi connectivity index (χ1v) is 7.09. The maximum absolute atomic E-state index is 11.5. The number of carbonyl (C=O) groups excluding carboxylic acids is 1. The molecule has 1 fully saturated rings. The number of carbonyl (C=O) groups is 1. The van der Waals surface area contributed by atoms with Crippen LogP contribution in [0.1, 0.15) is 24.6 Å². The third-order valence-electron chi connectivity index (χ3n) is 2.73. The molecule has 0 saturated heterocycles. The van der Waals surface area contributed by atoms with Gasteiger partial charge in [0.1, 0.15) is 0 Å². The van der Waals surface area contributed by atoms with E-state index in [1.54, 1.807) is 11.3 Å². The van der Waals surface area contributed by atoms with Crippen molar-refractivity contribution < 1.29 is 4.79 Å². The number of thiophene rings is 1. The van der Waals surface area contributed by atoms with Gasteiger partial charge in [-0.15, -0.1) is 11.3 Å². The van der Waals surface area contributed by atoms with Crippen molar-refractivity contribution in [1.29, 1.82) is 0 Å². The van der Waals surface area contributed by atoms with Gasteiger partial charge in [0.2, 0.25) is 0 Å². The third-order valence-corrected chi connectivity index (χ3v) is 4.43. The molecule has 1 aliphatic carbocycles. The summed E-state index contributed by atoms with van der Waals surface area (Å²) in [7, 11) is 0. The van der Waals surface area contributed by atoms with E-state index >= 15 is 0 Å². The molecule has 0 aliphatic heterocycles. The number of urea groups is 1. The SMILES string of the molecule is CC(NC(=O)NCc1cc(Br)cs1)C1CC1. The first kappa shape index (κ1) is 11.9. The Morgan fingerprint density at radius 3 is 3.00 bits per heavy atom. The van der Waals surface area contributed by atoms with Gasteiger partial charge in [0.05, 0.1) is 6.54 Å². The van der Waals surface area contributed by atoms with Crippen LogP contribution in [0.2, 0.25) is 0 Å². The molecule has 1 aromatic heterocycles. The van der Waals surface area contributed by atoms with E-state index in [9.17, 15) is 4.79 Å². The molecular formula is C11H15BrN2OS. The Kier molecular flexibility index (Phi) is 3.86. The molecule has 1 aliphatic rings. The lowest BCUT2D eigenvalue weighted by atomic mass is 10.2. The normalized spacial score (nSPS) is 16.9. The molecule has 0 spiro atoms. The van der Waals surface area contributed by atoms with Crippen LogP contribution < -0.4 is 10.6 Å². The van der Waals surface area contributed by atoms with Gasteiger partial charge in [-0.05, 0) is 47.7 Å². The molecule has 2 N–H and O–H groups in total. The fraction of sp³-hybridized carbons (Fsp3) is 0.545. The zero-order valence-corrected chi connectivity index (χ0v) is 11.5. The van der Waals surface area contributed by atoms with Gasteiger partial charge in [-0.2, -0.15) is 0 Å². The fourth-order valence-electron chi connectivity index (χ4n) is 1.59. The molecule has 1 atom stereocenters. The van der Waals surface area contributed by atoms with Crippen LogP contribution in [-0.2, 0) is 6.54 Å². The van der Waals surface area contributed by atoms with E-state index in [2.05, 4.69) is 33.5 Å². The fourth-order valence-corrected chi connectivity index (χ4v) is 2.98. The predicted octanol–water partition coefficient (Wildman–Crippen LogP) is 3.11. The van der Waals surface area contributed by atoms with Gasteiger partial charge in [-0.3, -0.25) is 0 Å². The molecule has 2 rings (SSSR count). The van der Waals surface area contributed by atoms with Crippen LogP contribution in [0.15, 0.2) is 15.9 Å². The first-order chi connectivity index (χ1) is 7.65. The second-order valence-corrected chi connectivity index (χ2v) is 6.10. The van der Waals surface area contributed by atoms with Gasteiger partial charge < -0.3 is 10.6 Å². The lowest BCUT2D eigenvalue weighted by molar-refractivity contribution is 0.236. The van der Waals surface area contributed by atoms with E-state index in [1.807, 2.05) is 11.4 Å². The quantitative estimate of drug-likeness (QED) is 0.881. The standard InChI is InChI=1S/C11H15BrN2OS/c1-7(8-2-3-8)14-11(15)13-5-10-4-9(12)6-16-10/h4,6-8H,2-3,5H2,1H3,(H2,13,14,15). The summed E-state index contributed by atoms with van der Waals surface area (Å²) in [5.74, 6) is 0.696. The lowest BCUT2D eigenvalue weighted by Crippen LogP contribution is -2.41. The monoisotopic (exact) mass is 302 g/mol. The van der Waals surface area contributed by atoms with Crippen LogP contribution in [0.4, 0.5) is 4.79 Å². The minimum absolute atomic E-state index is 0.0658. The summed E-state index contributed by atoms with van der Waals surface area (Å²) < 4.78 is 1.07. The third kappa shape index (κ3) is 3.49. The summed E-state index contributed by atoms with van der Waals surface area (Å²) >= 11 is 5.03. The van der Waals surface area contributed by atoms with Crippen molar-refractivity contribution >= 4 is 33.3 Å². The molecule has 1 saturated carbocycles. The molecule has 1 unspecified atom stereocenters. The van der Waals surface area contributed by atoms with Crippen molar-refractivity contribution in [3.8, 4) is 0 Å². The molecule has 2 amide bonds. The van der Waals surface area contributed by atoms with E-state index in [-0.39, 0.29) is 6.03 Å². The number of hydrogen-bond donors (Lipinski definition) is 2. The average molecular weight is 303 g/mol. The van der Waals surface area contributed by atoms with E-state index in [1.165, 1.54) is 12.8 Å². The molecule has 0 bridgehead atoms. The highest BCUT2D eigenvalue weighted by molar-refractivity contribution is 9.10. The van der Waals surface area contributed by atoms with Crippen LogP contribution in [0.3, 0.4) is 0 Å². The molecule has 5 heteroatoms. The summed E-state index contributed by atoms with van der Waals surface area (Å²) in [5, 5.41) is 7.84. The zero-order chi connectivity index (χ0) is 11.5. The average Bonchev–Trinajstić information content (AvgIpc) is 3.00. The topological polar surface area (TPSA) is 41.1 Å². The molecule has 0 radical (unpaired) electrons. The molecule has 1 aromatic rings. The number of rotatable bonds is 4. The van der Waals surface area contributed by atoms with Gasteiger partial charge in [0, 0.05) is 20.8 Å². The van der Waals surface area contributed by atoms with Crippen LogP contribution in [0.5, 0.6) is 0 Å². The maximum Gasteiger partial charge on any atom is 0.315 e. The second-order valence-electron chi connectivity index (χ2n) is 4.18. The summed E-state index contributed by atoms with van der Waals surface area (Å²) in [6, 6.07) is 2.26. The first-order valence-electron chi connectivity index (χ1n) is 5.42. The van der Waals surface area contributed by atoms with Crippen LogP contribution in [0, 0.1) is 5.92 Å². The van der Waals surface area contributed by atoms with Crippen molar-refractivity contribution in [3.63, 3.8) is 0 Å². The number of amides is 2. The Bertz CT molecular complexity index is 376. The number of hydrogen-bond acceptors (Lipinski definition) is 2. The highest BCUT2D eigenvalue weighted by Crippen LogP contribution is 2.32. The van der Waals surface area contributed by atoms with Crippen LogP contribution in [-0.4, -0.2) is 12.1 Å². The summed E-state index contributed by atoms with van der Waals surface area (Å²) in [5.41, 5.74) is 0. The molecule has 0 aromatic carbocycles. The smallest absolute Gasteiger partial charge is 0.315 e. The summed E-state index contributed by atoms with van der Waals surface area (Å²) in [4.78, 5) is 12.7. The largest absolute Gasteiger partial charge is 0.335 e. The molecule has 1 heterocycles. The predicted molar refractivity (Wildman–Crippen MR) is 69.6 cm³/mol. The second kappa shape index (κ2) is 5.19. The van der Waals surface area contributed by atoms with Gasteiger partial charge in [-0.1, -0.05) is 0 Å². The van der Waals surface area contributed by atoms with Gasteiger partial charge >= 0.3 is 6.03 Å². The molecule has 88 valence electrons. The van der Waals surface area contributed by atoms with E-state index in [4.69, 9.17) is 0 Å². The Morgan fingerprint density at radius 2 is 2.44 bits per heavy atom. The minimum Gasteiger partial charge on any atom is -0.335 e. The van der Waals surface area contributed by atoms with Gasteiger partial charge in [0.25, 0.3) is 0 Å². The van der Waals surface area contributed by atoms with Crippen molar-refractivity contribution in [3.05, 3.63) is 20.8 Å². The molecule has 3 nitrogen and oxygen atoms in total. The van der Waals surface area contributed by atoms with E-state index in [0.29, 0.717) is 18.5 Å². The Morgan fingerprint density at radius 1 is 1.69 bits per heavy atom. The molecular weight excluding hydrogens is 288 g/mol. The minimum atomic E-state index is -0.0658. The Hall–Kier alpha value is -0.550. The molecule has 16 heavy (non-hydrogen) atoms. The van der Waals surface area contributed by atoms with Crippen LogP contribution in [0.25, 0.3) is 0 Å². The van der Waals surface area contributed by atoms with Gasteiger partial charge in [-0.25, -0.2) is 4.79 Å². The summed E-state index contributed by atoms with van der Waals surface area (Å²) in [6.07, 6.45) is 2.50.